The van der Waals surface area contributed by atoms with Crippen LogP contribution in [0.4, 0.5) is 0 Å². The fourth-order valence-corrected chi connectivity index (χ4v) is 1.49. The Hall–Kier alpha value is 0.270. The molecule has 80 valence electrons. The number of hydrogen-bond donors (Lipinski definition) is 1. The van der Waals surface area contributed by atoms with Crippen LogP contribution in [0, 0.1) is 0 Å². The summed E-state index contributed by atoms with van der Waals surface area (Å²) in [6.45, 7) is 7.02. The first-order chi connectivity index (χ1) is 6.07. The molecule has 0 aromatic heterocycles. The second kappa shape index (κ2) is 7.65. The van der Waals surface area contributed by atoms with Crippen molar-refractivity contribution in [3.63, 3.8) is 0 Å². The lowest BCUT2D eigenvalue weighted by Crippen LogP contribution is -2.25. The van der Waals surface area contributed by atoms with E-state index in [4.69, 9.17) is 4.84 Å². The Balaban J connectivity index is 3.31. The fourth-order valence-electron chi connectivity index (χ4n) is 0.649. The lowest BCUT2D eigenvalue weighted by atomic mass is 10.6. The lowest BCUT2D eigenvalue weighted by Gasteiger charge is -2.23. The van der Waals surface area contributed by atoms with Crippen molar-refractivity contribution in [1.82, 2.24) is 14.8 Å². The zero-order valence-electron chi connectivity index (χ0n) is 9.37. The molecule has 0 saturated heterocycles. The van der Waals surface area contributed by atoms with Gasteiger partial charge in [-0.1, -0.05) is 6.92 Å². The predicted octanol–water partition coefficient (Wildman–Crippen LogP) is 0.963. The molecule has 0 aliphatic carbocycles. The van der Waals surface area contributed by atoms with Crippen LogP contribution in [0.5, 0.6) is 0 Å². The van der Waals surface area contributed by atoms with E-state index in [-0.39, 0.29) is 8.22 Å². The van der Waals surface area contributed by atoms with Crippen LogP contribution in [-0.2, 0) is 4.84 Å². The van der Waals surface area contributed by atoms with E-state index in [2.05, 4.69) is 35.5 Å². The van der Waals surface area contributed by atoms with E-state index in [1.54, 1.807) is 0 Å². The molecule has 1 atom stereocenters. The molecule has 0 heterocycles. The molecule has 0 spiro atoms. The van der Waals surface area contributed by atoms with Crippen molar-refractivity contribution in [2.45, 2.75) is 6.92 Å². The maximum atomic E-state index is 5.32. The first-order valence-corrected chi connectivity index (χ1v) is 6.29. The first-order valence-electron chi connectivity index (χ1n) is 4.54. The lowest BCUT2D eigenvalue weighted by molar-refractivity contribution is 0.0806. The Morgan fingerprint density at radius 1 is 1.31 bits per heavy atom. The van der Waals surface area contributed by atoms with Crippen LogP contribution >= 0.6 is 8.22 Å². The molecule has 0 saturated carbocycles. The molecule has 0 radical (unpaired) electrons. The molecule has 0 rings (SSSR count). The summed E-state index contributed by atoms with van der Waals surface area (Å²) < 4.78 is 2.24. The molecule has 1 unspecified atom stereocenters. The Kier molecular flexibility index (Phi) is 7.81. The second-order valence-corrected chi connectivity index (χ2v) is 5.15. The molecule has 0 aromatic carbocycles. The normalized spacial score (nSPS) is 14.1. The summed E-state index contributed by atoms with van der Waals surface area (Å²) in [7, 11) is 5.84. The van der Waals surface area contributed by atoms with Crippen molar-refractivity contribution in [2.75, 3.05) is 47.5 Å². The highest BCUT2D eigenvalue weighted by Gasteiger charge is 2.05. The Bertz CT molecular complexity index is 124. The molecule has 1 N–H and O–H groups in total. The van der Waals surface area contributed by atoms with Crippen molar-refractivity contribution in [3.8, 4) is 0 Å². The highest BCUT2D eigenvalue weighted by Crippen LogP contribution is 2.27. The minimum atomic E-state index is -0.330. The number of rotatable bonds is 7. The van der Waals surface area contributed by atoms with Gasteiger partial charge in [0.1, 0.15) is 0 Å². The van der Waals surface area contributed by atoms with E-state index in [9.17, 15) is 0 Å². The van der Waals surface area contributed by atoms with Crippen molar-refractivity contribution >= 4 is 8.22 Å². The van der Waals surface area contributed by atoms with Crippen molar-refractivity contribution in [3.05, 3.63) is 0 Å². The van der Waals surface area contributed by atoms with Gasteiger partial charge in [0, 0.05) is 13.1 Å². The van der Waals surface area contributed by atoms with Gasteiger partial charge in [-0.05, 0) is 27.8 Å². The minimum absolute atomic E-state index is 0.330. The molecule has 0 fully saturated rings. The number of likely N-dealkylation sites (N-methyl/N-ethyl adjacent to an activating group) is 1. The molecule has 0 aromatic rings. The van der Waals surface area contributed by atoms with E-state index in [1.807, 2.05) is 14.1 Å². The van der Waals surface area contributed by atoms with Crippen LogP contribution in [-0.4, -0.2) is 57.1 Å². The van der Waals surface area contributed by atoms with Gasteiger partial charge in [-0.2, -0.15) is 5.25 Å². The summed E-state index contributed by atoms with van der Waals surface area (Å²) in [6, 6.07) is 0. The van der Waals surface area contributed by atoms with E-state index < -0.39 is 0 Å². The molecule has 0 aliphatic rings. The van der Waals surface area contributed by atoms with E-state index in [1.165, 1.54) is 0 Å². The van der Waals surface area contributed by atoms with Gasteiger partial charge in [0.2, 0.25) is 0 Å². The predicted molar refractivity (Wildman–Crippen MR) is 58.8 cm³/mol. The molecular formula is C8H22N3OP. The molecule has 0 bridgehead atoms. The zero-order valence-corrected chi connectivity index (χ0v) is 10.3. The first kappa shape index (κ1) is 13.3. The van der Waals surface area contributed by atoms with E-state index in [0.717, 1.165) is 19.7 Å². The molecule has 0 amide bonds. The average Bonchev–Trinajstić information content (AvgIpc) is 2.10. The topological polar surface area (TPSA) is 27.7 Å². The maximum Gasteiger partial charge on any atom is 0.0813 e. The number of hydrogen-bond acceptors (Lipinski definition) is 4. The minimum Gasteiger partial charge on any atom is -0.307 e. The summed E-state index contributed by atoms with van der Waals surface area (Å²) >= 11 is 0. The second-order valence-electron chi connectivity index (χ2n) is 3.24. The van der Waals surface area contributed by atoms with Gasteiger partial charge in [0.15, 0.2) is 0 Å². The monoisotopic (exact) mass is 207 g/mol. The van der Waals surface area contributed by atoms with Gasteiger partial charge in [-0.3, -0.25) is 9.51 Å². The van der Waals surface area contributed by atoms with Crippen LogP contribution in [0.15, 0.2) is 0 Å². The van der Waals surface area contributed by atoms with E-state index >= 15 is 0 Å². The van der Waals surface area contributed by atoms with Gasteiger partial charge in [0.05, 0.1) is 14.8 Å². The number of nitrogens with zero attached hydrogens (tertiary/aromatic N) is 2. The third-order valence-electron chi connectivity index (χ3n) is 1.81. The Morgan fingerprint density at radius 3 is 2.38 bits per heavy atom. The molecule has 5 heteroatoms. The third-order valence-corrected chi connectivity index (χ3v) is 3.51. The zero-order chi connectivity index (χ0) is 10.3. The number of nitrogens with one attached hydrogen (secondary N) is 1. The molecule has 4 nitrogen and oxygen atoms in total. The van der Waals surface area contributed by atoms with Crippen LogP contribution in [0.3, 0.4) is 0 Å². The summed E-state index contributed by atoms with van der Waals surface area (Å²) in [5, 5.41) is 3.05. The summed E-state index contributed by atoms with van der Waals surface area (Å²) in [4.78, 5) is 7.43. The summed E-state index contributed by atoms with van der Waals surface area (Å²) in [5.41, 5.74) is 0. The van der Waals surface area contributed by atoms with Crippen LogP contribution in [0.2, 0.25) is 0 Å². The van der Waals surface area contributed by atoms with Gasteiger partial charge >= 0.3 is 0 Å². The van der Waals surface area contributed by atoms with Crippen molar-refractivity contribution < 1.29 is 4.84 Å². The molecule has 13 heavy (non-hydrogen) atoms. The summed E-state index contributed by atoms with van der Waals surface area (Å²) in [5.74, 6) is 0. The van der Waals surface area contributed by atoms with Gasteiger partial charge < -0.3 is 4.90 Å². The van der Waals surface area contributed by atoms with E-state index in [0.29, 0.717) is 0 Å². The largest absolute Gasteiger partial charge is 0.307 e. The van der Waals surface area contributed by atoms with Crippen LogP contribution in [0.25, 0.3) is 0 Å². The Morgan fingerprint density at radius 2 is 1.92 bits per heavy atom. The third kappa shape index (κ3) is 7.35. The highest BCUT2D eigenvalue weighted by molar-refractivity contribution is 7.51. The smallest absolute Gasteiger partial charge is 0.0813 e. The van der Waals surface area contributed by atoms with Crippen LogP contribution < -0.4 is 5.25 Å². The standard InChI is InChI=1S/C8H22N3OP/c1-6-11(4)13(5)9-12-8-7-10(2)3/h9H,6-8H2,1-5H3. The van der Waals surface area contributed by atoms with Crippen molar-refractivity contribution in [1.29, 1.82) is 0 Å². The van der Waals surface area contributed by atoms with Gasteiger partial charge in [-0.15, -0.1) is 0 Å². The maximum absolute atomic E-state index is 5.32. The van der Waals surface area contributed by atoms with Crippen LogP contribution in [0.1, 0.15) is 6.92 Å². The summed E-state index contributed by atoms with van der Waals surface area (Å²) in [6.07, 6.45) is 0. The molecular weight excluding hydrogens is 185 g/mol. The van der Waals surface area contributed by atoms with Gasteiger partial charge in [0.25, 0.3) is 0 Å². The fraction of sp³-hybridized carbons (Fsp3) is 1.00. The quantitative estimate of drug-likeness (QED) is 0.382. The van der Waals surface area contributed by atoms with Crippen molar-refractivity contribution in [2.24, 2.45) is 0 Å². The Labute approximate surface area is 83.0 Å². The molecule has 0 aliphatic heterocycles. The van der Waals surface area contributed by atoms with Gasteiger partial charge in [-0.25, -0.2) is 0 Å². The average molecular weight is 207 g/mol. The highest BCUT2D eigenvalue weighted by atomic mass is 31.1. The SMILES string of the molecule is CCN(C)P(C)NOCCN(C)C.